The maximum absolute atomic E-state index is 12.8. The van der Waals surface area contributed by atoms with Gasteiger partial charge in [-0.1, -0.05) is 40.7 Å². The molecule has 0 aromatic heterocycles. The van der Waals surface area contributed by atoms with Crippen LogP contribution >= 0.6 is 15.9 Å². The summed E-state index contributed by atoms with van der Waals surface area (Å²) in [7, 11) is 3.26. The number of ether oxygens (including phenoxy) is 1. The number of amides is 1. The van der Waals surface area contributed by atoms with E-state index in [0.29, 0.717) is 18.7 Å². The largest absolute Gasteiger partial charge is 0.469 e. The topological polar surface area (TPSA) is 49.9 Å². The van der Waals surface area contributed by atoms with Crippen molar-refractivity contribution < 1.29 is 14.3 Å². The van der Waals surface area contributed by atoms with E-state index in [1.807, 2.05) is 36.2 Å². The van der Waals surface area contributed by atoms with Crippen LogP contribution in [0.3, 0.4) is 0 Å². The first kappa shape index (κ1) is 16.2. The smallest absolute Gasteiger partial charge is 0.310 e. The van der Waals surface area contributed by atoms with Crippen molar-refractivity contribution in [3.63, 3.8) is 0 Å². The van der Waals surface area contributed by atoms with Crippen molar-refractivity contribution in [1.82, 2.24) is 9.80 Å². The Labute approximate surface area is 144 Å². The van der Waals surface area contributed by atoms with Crippen molar-refractivity contribution in [1.29, 1.82) is 0 Å². The lowest BCUT2D eigenvalue weighted by Crippen LogP contribution is -2.54. The predicted molar refractivity (Wildman–Crippen MR) is 89.3 cm³/mol. The van der Waals surface area contributed by atoms with Crippen LogP contribution in [0.15, 0.2) is 41.0 Å². The Morgan fingerprint density at radius 1 is 1.43 bits per heavy atom. The van der Waals surface area contributed by atoms with Gasteiger partial charge >= 0.3 is 5.97 Å². The van der Waals surface area contributed by atoms with E-state index in [9.17, 15) is 9.59 Å². The van der Waals surface area contributed by atoms with Gasteiger partial charge in [0.2, 0.25) is 5.91 Å². The average molecular weight is 379 g/mol. The number of hydrogen-bond acceptors (Lipinski definition) is 4. The molecule has 2 aliphatic rings. The standard InChI is InChI=1S/C17H19BrN2O3/c1-10-15-12(17(22)23-3)8-14(19(15)2)16(21)20(10)9-11-6-4-5-7-13(11)18/h4-7,12,14-15H,1,8-9H2,2-3H3/t12-,14+,15+/m0/s1. The molecule has 5 nitrogen and oxygen atoms in total. The van der Waals surface area contributed by atoms with Crippen molar-refractivity contribution in [2.45, 2.75) is 25.0 Å². The van der Waals surface area contributed by atoms with Gasteiger partial charge in [-0.25, -0.2) is 0 Å². The Kier molecular flexibility index (Phi) is 4.29. The SMILES string of the molecule is C=C1[C@@H]2[C@@H](C(=O)OC)C[C@H](C(=O)N1Cc1ccccc1Br)N2C. The molecule has 3 atom stereocenters. The second-order valence-corrected chi connectivity index (χ2v) is 6.85. The highest BCUT2D eigenvalue weighted by Crippen LogP contribution is 2.40. The van der Waals surface area contributed by atoms with Crippen molar-refractivity contribution in [3.05, 3.63) is 46.6 Å². The first-order chi connectivity index (χ1) is 11.0. The number of carbonyl (C=O) groups is 2. The van der Waals surface area contributed by atoms with Crippen LogP contribution in [0.4, 0.5) is 0 Å². The first-order valence-electron chi connectivity index (χ1n) is 7.49. The van der Waals surface area contributed by atoms with E-state index in [4.69, 9.17) is 4.74 Å². The summed E-state index contributed by atoms with van der Waals surface area (Å²) in [4.78, 5) is 28.5. The summed E-state index contributed by atoms with van der Waals surface area (Å²) in [5.41, 5.74) is 1.68. The van der Waals surface area contributed by atoms with E-state index in [2.05, 4.69) is 22.5 Å². The molecule has 1 aromatic carbocycles. The molecule has 0 saturated carbocycles. The third-order valence-electron chi connectivity index (χ3n) is 4.82. The van der Waals surface area contributed by atoms with Gasteiger partial charge in [0.25, 0.3) is 0 Å². The molecule has 6 heteroatoms. The number of halogens is 1. The Morgan fingerprint density at radius 3 is 2.78 bits per heavy atom. The summed E-state index contributed by atoms with van der Waals surface area (Å²) in [6.07, 6.45) is 0.484. The van der Waals surface area contributed by atoms with E-state index in [0.717, 1.165) is 10.0 Å². The number of hydrogen-bond donors (Lipinski definition) is 0. The number of fused-ring (bicyclic) bond motifs is 2. The molecule has 2 heterocycles. The molecule has 1 aromatic rings. The molecule has 3 rings (SSSR count). The number of likely N-dealkylation sites (N-methyl/N-ethyl adjacent to an activating group) is 1. The van der Waals surface area contributed by atoms with Gasteiger partial charge in [0.1, 0.15) is 0 Å². The van der Waals surface area contributed by atoms with Crippen LogP contribution < -0.4 is 0 Å². The number of likely N-dealkylation sites (tertiary alicyclic amines) is 1. The van der Waals surface area contributed by atoms with Gasteiger partial charge in [0, 0.05) is 10.2 Å². The lowest BCUT2D eigenvalue weighted by atomic mass is 9.98. The zero-order valence-electron chi connectivity index (χ0n) is 13.2. The third kappa shape index (κ3) is 2.60. The van der Waals surface area contributed by atoms with Crippen molar-refractivity contribution in [2.24, 2.45) is 5.92 Å². The molecule has 122 valence electrons. The van der Waals surface area contributed by atoms with Gasteiger partial charge in [-0.15, -0.1) is 0 Å². The molecule has 0 radical (unpaired) electrons. The number of benzene rings is 1. The summed E-state index contributed by atoms with van der Waals surface area (Å²) < 4.78 is 5.86. The highest BCUT2D eigenvalue weighted by molar-refractivity contribution is 9.10. The first-order valence-corrected chi connectivity index (χ1v) is 8.28. The zero-order chi connectivity index (χ0) is 16.7. The molecule has 0 spiro atoms. The molecule has 2 fully saturated rings. The molecule has 0 unspecified atom stereocenters. The molecular formula is C17H19BrN2O3. The van der Waals surface area contributed by atoms with Crippen molar-refractivity contribution in [2.75, 3.05) is 14.2 Å². The van der Waals surface area contributed by atoms with Crippen molar-refractivity contribution in [3.8, 4) is 0 Å². The monoisotopic (exact) mass is 378 g/mol. The second-order valence-electron chi connectivity index (χ2n) is 6.00. The fourth-order valence-corrected chi connectivity index (χ4v) is 4.00. The van der Waals surface area contributed by atoms with Gasteiger partial charge in [-0.05, 0) is 25.1 Å². The van der Waals surface area contributed by atoms with Crippen LogP contribution in [0, 0.1) is 5.92 Å². The summed E-state index contributed by atoms with van der Waals surface area (Å²) in [5.74, 6) is -0.618. The Morgan fingerprint density at radius 2 is 2.13 bits per heavy atom. The maximum Gasteiger partial charge on any atom is 0.310 e. The van der Waals surface area contributed by atoms with Gasteiger partial charge in [-0.2, -0.15) is 0 Å². The zero-order valence-corrected chi connectivity index (χ0v) is 14.7. The lowest BCUT2D eigenvalue weighted by molar-refractivity contribution is -0.146. The summed E-state index contributed by atoms with van der Waals surface area (Å²) in [5, 5.41) is 0. The van der Waals surface area contributed by atoms with Gasteiger partial charge in [0.05, 0.1) is 31.7 Å². The van der Waals surface area contributed by atoms with Crippen LogP contribution in [-0.2, 0) is 20.9 Å². The van der Waals surface area contributed by atoms with Crippen LogP contribution in [0.25, 0.3) is 0 Å². The minimum atomic E-state index is -0.337. The molecule has 2 bridgehead atoms. The van der Waals surface area contributed by atoms with Crippen LogP contribution in [-0.4, -0.2) is 47.9 Å². The number of piperazine rings is 1. The molecule has 2 aliphatic heterocycles. The molecule has 2 saturated heterocycles. The molecule has 0 N–H and O–H groups in total. The number of esters is 1. The number of rotatable bonds is 3. The highest BCUT2D eigenvalue weighted by Gasteiger charge is 2.53. The average Bonchev–Trinajstić information content (AvgIpc) is 2.83. The molecular weight excluding hydrogens is 360 g/mol. The third-order valence-corrected chi connectivity index (χ3v) is 5.59. The Balaban J connectivity index is 1.90. The van der Waals surface area contributed by atoms with E-state index in [1.165, 1.54) is 7.11 Å². The normalized spacial score (nSPS) is 27.4. The van der Waals surface area contributed by atoms with Gasteiger partial charge < -0.3 is 9.64 Å². The number of carbonyl (C=O) groups excluding carboxylic acids is 2. The Bertz CT molecular complexity index is 676. The Hall–Kier alpha value is -1.66. The lowest BCUT2D eigenvalue weighted by Gasteiger charge is -2.40. The maximum atomic E-state index is 12.8. The van der Waals surface area contributed by atoms with Crippen LogP contribution in [0.2, 0.25) is 0 Å². The van der Waals surface area contributed by atoms with Crippen LogP contribution in [0.1, 0.15) is 12.0 Å². The molecule has 23 heavy (non-hydrogen) atoms. The summed E-state index contributed by atoms with van der Waals surface area (Å²) >= 11 is 3.51. The fraction of sp³-hybridized carbons (Fsp3) is 0.412. The fourth-order valence-electron chi connectivity index (χ4n) is 3.59. The number of nitrogens with zero attached hydrogens (tertiary/aromatic N) is 2. The minimum Gasteiger partial charge on any atom is -0.469 e. The van der Waals surface area contributed by atoms with Gasteiger partial charge in [-0.3, -0.25) is 14.5 Å². The molecule has 0 aliphatic carbocycles. The van der Waals surface area contributed by atoms with Crippen LogP contribution in [0.5, 0.6) is 0 Å². The summed E-state index contributed by atoms with van der Waals surface area (Å²) in [6, 6.07) is 7.32. The second kappa shape index (κ2) is 6.09. The predicted octanol–water partition coefficient (Wildman–Crippen LogP) is 2.17. The summed E-state index contributed by atoms with van der Waals surface area (Å²) in [6.45, 7) is 4.56. The van der Waals surface area contributed by atoms with E-state index >= 15 is 0 Å². The van der Waals surface area contributed by atoms with E-state index in [1.54, 1.807) is 4.90 Å². The number of methoxy groups -OCH3 is 1. The molecule has 1 amide bonds. The van der Waals surface area contributed by atoms with Crippen molar-refractivity contribution >= 4 is 27.8 Å². The van der Waals surface area contributed by atoms with E-state index < -0.39 is 0 Å². The minimum absolute atomic E-state index is 0.00379. The van der Waals surface area contributed by atoms with Gasteiger partial charge in [0.15, 0.2) is 0 Å². The highest BCUT2D eigenvalue weighted by atomic mass is 79.9. The quantitative estimate of drug-likeness (QED) is 0.756. The van der Waals surface area contributed by atoms with E-state index in [-0.39, 0.29) is 29.9 Å².